The molecule has 9 nitrogen and oxygen atoms in total. The van der Waals surface area contributed by atoms with Crippen LogP contribution in [-0.4, -0.2) is 95.3 Å². The first-order valence-electron chi connectivity index (χ1n) is 12.3. The molecule has 0 bridgehead atoms. The van der Waals surface area contributed by atoms with E-state index in [1.165, 1.54) is 11.3 Å². The van der Waals surface area contributed by atoms with Crippen molar-refractivity contribution in [3.05, 3.63) is 40.8 Å². The average molecular weight is 497 g/mol. The summed E-state index contributed by atoms with van der Waals surface area (Å²) >= 11 is 1.37. The van der Waals surface area contributed by atoms with Gasteiger partial charge in [-0.2, -0.15) is 0 Å². The summed E-state index contributed by atoms with van der Waals surface area (Å²) in [5.41, 5.74) is 1.88. The molecule has 4 heterocycles. The number of carbonyl (C=O) groups is 3. The fourth-order valence-electron chi connectivity index (χ4n) is 5.32. The van der Waals surface area contributed by atoms with Crippen molar-refractivity contribution in [2.45, 2.75) is 38.3 Å². The lowest BCUT2D eigenvalue weighted by Gasteiger charge is -2.37. The van der Waals surface area contributed by atoms with Crippen LogP contribution in [0, 0.1) is 0 Å². The normalized spacial score (nSPS) is 23.6. The highest BCUT2D eigenvalue weighted by Gasteiger charge is 2.36. The number of nitrogens with one attached hydrogen (secondary N) is 1. The minimum atomic E-state index is -0.00233. The fourth-order valence-corrected chi connectivity index (χ4v) is 5.92. The SMILES string of the molecule is CC(=O)N1CCCC(Nc2cccc(N3CC(N4CCN(C(=O)c5nccs5)CC4)CC3=O)c2)C1. The maximum atomic E-state index is 12.9. The number of amides is 3. The van der Waals surface area contributed by atoms with Crippen LogP contribution in [0.25, 0.3) is 0 Å². The van der Waals surface area contributed by atoms with Gasteiger partial charge in [-0.25, -0.2) is 4.98 Å². The Bertz CT molecular complexity index is 1070. The van der Waals surface area contributed by atoms with Gasteiger partial charge in [-0.05, 0) is 31.0 Å². The molecule has 5 rings (SSSR count). The summed E-state index contributed by atoms with van der Waals surface area (Å²) in [6.07, 6.45) is 4.17. The zero-order valence-corrected chi connectivity index (χ0v) is 20.9. The number of aromatic nitrogens is 1. The topological polar surface area (TPSA) is 89.1 Å². The van der Waals surface area contributed by atoms with Crippen molar-refractivity contribution < 1.29 is 14.4 Å². The van der Waals surface area contributed by atoms with E-state index in [9.17, 15) is 14.4 Å². The highest BCUT2D eigenvalue weighted by molar-refractivity contribution is 7.11. The molecule has 0 radical (unpaired) electrons. The minimum Gasteiger partial charge on any atom is -0.380 e. The van der Waals surface area contributed by atoms with E-state index in [4.69, 9.17) is 0 Å². The Balaban J connectivity index is 1.17. The minimum absolute atomic E-state index is 0.00233. The van der Waals surface area contributed by atoms with Crippen LogP contribution in [0.2, 0.25) is 0 Å². The average Bonchev–Trinajstić information content (AvgIpc) is 3.54. The van der Waals surface area contributed by atoms with E-state index in [2.05, 4.69) is 15.2 Å². The van der Waals surface area contributed by atoms with Crippen molar-refractivity contribution >= 4 is 40.4 Å². The summed E-state index contributed by atoms with van der Waals surface area (Å²) in [4.78, 5) is 49.4. The molecule has 1 aromatic heterocycles. The number of hydrogen-bond acceptors (Lipinski definition) is 7. The molecule has 0 aliphatic carbocycles. The highest BCUT2D eigenvalue weighted by atomic mass is 32.1. The summed E-state index contributed by atoms with van der Waals surface area (Å²) in [5, 5.41) is 5.92. The zero-order valence-electron chi connectivity index (χ0n) is 20.1. The Kier molecular flexibility index (Phi) is 7.01. The molecule has 10 heteroatoms. The molecule has 1 aromatic carbocycles. The monoisotopic (exact) mass is 496 g/mol. The van der Waals surface area contributed by atoms with Gasteiger partial charge in [0.05, 0.1) is 0 Å². The van der Waals surface area contributed by atoms with Gasteiger partial charge in [0.15, 0.2) is 5.01 Å². The Labute approximate surface area is 209 Å². The number of benzene rings is 1. The van der Waals surface area contributed by atoms with Gasteiger partial charge in [-0.1, -0.05) is 6.07 Å². The van der Waals surface area contributed by atoms with Gasteiger partial charge in [-0.3, -0.25) is 19.3 Å². The van der Waals surface area contributed by atoms with Crippen LogP contribution in [0.5, 0.6) is 0 Å². The number of carbonyl (C=O) groups excluding carboxylic acids is 3. The third-order valence-electron chi connectivity index (χ3n) is 7.23. The molecule has 0 spiro atoms. The van der Waals surface area contributed by atoms with Crippen LogP contribution in [0.15, 0.2) is 35.8 Å². The van der Waals surface area contributed by atoms with Crippen molar-refractivity contribution in [3.63, 3.8) is 0 Å². The van der Waals surface area contributed by atoms with Crippen LogP contribution in [0.4, 0.5) is 11.4 Å². The van der Waals surface area contributed by atoms with E-state index >= 15 is 0 Å². The van der Waals surface area contributed by atoms with Crippen molar-refractivity contribution in [1.29, 1.82) is 0 Å². The van der Waals surface area contributed by atoms with Gasteiger partial charge in [0.25, 0.3) is 5.91 Å². The smallest absolute Gasteiger partial charge is 0.282 e. The van der Waals surface area contributed by atoms with Crippen molar-refractivity contribution in [3.8, 4) is 0 Å². The van der Waals surface area contributed by atoms with Crippen LogP contribution in [0.1, 0.15) is 36.0 Å². The maximum Gasteiger partial charge on any atom is 0.282 e. The number of rotatable bonds is 5. The van der Waals surface area contributed by atoms with Crippen LogP contribution >= 0.6 is 11.3 Å². The molecule has 0 saturated carbocycles. The second-order valence-electron chi connectivity index (χ2n) is 9.53. The van der Waals surface area contributed by atoms with Crippen molar-refractivity contribution in [1.82, 2.24) is 19.7 Å². The predicted octanol–water partition coefficient (Wildman–Crippen LogP) is 2.13. The lowest BCUT2D eigenvalue weighted by molar-refractivity contribution is -0.129. The van der Waals surface area contributed by atoms with E-state index in [-0.39, 0.29) is 29.8 Å². The third-order valence-corrected chi connectivity index (χ3v) is 7.99. The Morgan fingerprint density at radius 1 is 1.09 bits per heavy atom. The van der Waals surface area contributed by atoms with E-state index in [0.29, 0.717) is 37.6 Å². The number of nitrogens with zero attached hydrogens (tertiary/aromatic N) is 5. The number of piperazine rings is 1. The fraction of sp³-hybridized carbons (Fsp3) is 0.520. The molecule has 3 aliphatic heterocycles. The predicted molar refractivity (Wildman–Crippen MR) is 136 cm³/mol. The van der Waals surface area contributed by atoms with Gasteiger partial charge in [0.1, 0.15) is 0 Å². The molecule has 1 N–H and O–H groups in total. The Morgan fingerprint density at radius 3 is 2.66 bits per heavy atom. The summed E-state index contributed by atoms with van der Waals surface area (Å²) < 4.78 is 0. The summed E-state index contributed by atoms with van der Waals surface area (Å²) in [5.74, 6) is 0.249. The lowest BCUT2D eigenvalue weighted by atomic mass is 10.1. The molecule has 2 atom stereocenters. The van der Waals surface area contributed by atoms with E-state index in [1.54, 1.807) is 13.1 Å². The molecule has 186 valence electrons. The van der Waals surface area contributed by atoms with Crippen LogP contribution in [-0.2, 0) is 9.59 Å². The van der Waals surface area contributed by atoms with Crippen molar-refractivity contribution in [2.75, 3.05) is 56.0 Å². The second kappa shape index (κ2) is 10.3. The van der Waals surface area contributed by atoms with E-state index < -0.39 is 0 Å². The molecular formula is C25H32N6O3S. The standard InChI is InChI=1S/C25H32N6O3S/c1-18(32)30-8-3-5-20(16-30)27-19-4-2-6-21(14-19)31-17-22(15-23(31)33)28-9-11-29(12-10-28)25(34)24-26-7-13-35-24/h2,4,6-7,13-14,20,22,27H,3,5,8-12,15-17H2,1H3. The molecule has 3 aliphatic rings. The largest absolute Gasteiger partial charge is 0.380 e. The lowest BCUT2D eigenvalue weighted by Crippen LogP contribution is -2.52. The Hall–Kier alpha value is -2.98. The number of hydrogen-bond donors (Lipinski definition) is 1. The first kappa shape index (κ1) is 23.7. The first-order chi connectivity index (χ1) is 17.0. The number of anilines is 2. The molecule has 2 aromatic rings. The molecule has 35 heavy (non-hydrogen) atoms. The second-order valence-corrected chi connectivity index (χ2v) is 10.4. The van der Waals surface area contributed by atoms with Gasteiger partial charge < -0.3 is 20.0 Å². The van der Waals surface area contributed by atoms with Crippen LogP contribution in [0.3, 0.4) is 0 Å². The molecule has 3 amide bonds. The summed E-state index contributed by atoms with van der Waals surface area (Å²) in [7, 11) is 0. The quantitative estimate of drug-likeness (QED) is 0.682. The number of likely N-dealkylation sites (tertiary alicyclic amines) is 1. The third kappa shape index (κ3) is 5.33. The van der Waals surface area contributed by atoms with Crippen LogP contribution < -0.4 is 10.2 Å². The first-order valence-corrected chi connectivity index (χ1v) is 13.2. The van der Waals surface area contributed by atoms with Gasteiger partial charge in [-0.15, -0.1) is 11.3 Å². The van der Waals surface area contributed by atoms with Gasteiger partial charge >= 0.3 is 0 Å². The number of piperidine rings is 1. The molecule has 3 fully saturated rings. The zero-order chi connectivity index (χ0) is 24.4. The van der Waals surface area contributed by atoms with E-state index in [0.717, 1.165) is 43.9 Å². The van der Waals surface area contributed by atoms with E-state index in [1.807, 2.05) is 44.3 Å². The highest BCUT2D eigenvalue weighted by Crippen LogP contribution is 2.28. The molecular weight excluding hydrogens is 464 g/mol. The Morgan fingerprint density at radius 2 is 1.91 bits per heavy atom. The summed E-state index contributed by atoms with van der Waals surface area (Å²) in [6.45, 7) is 6.65. The van der Waals surface area contributed by atoms with Gasteiger partial charge in [0, 0.05) is 94.2 Å². The van der Waals surface area contributed by atoms with Crippen molar-refractivity contribution in [2.24, 2.45) is 0 Å². The van der Waals surface area contributed by atoms with Gasteiger partial charge in [0.2, 0.25) is 11.8 Å². The number of thiazole rings is 1. The molecule has 3 saturated heterocycles. The maximum absolute atomic E-state index is 12.9. The molecule has 2 unspecified atom stereocenters. The summed E-state index contributed by atoms with van der Waals surface area (Å²) in [6, 6.07) is 8.39.